The lowest BCUT2D eigenvalue weighted by Gasteiger charge is -2.19. The van der Waals surface area contributed by atoms with Crippen molar-refractivity contribution in [1.82, 2.24) is 16.0 Å². The maximum absolute atomic E-state index is 13.5. The molecule has 0 atom stereocenters. The Labute approximate surface area is 165 Å². The van der Waals surface area contributed by atoms with Crippen LogP contribution < -0.4 is 16.0 Å². The number of nitrogens with one attached hydrogen (secondary N) is 3. The first-order chi connectivity index (χ1) is 13.6. The van der Waals surface area contributed by atoms with Crippen molar-refractivity contribution in [2.75, 3.05) is 20.1 Å². The van der Waals surface area contributed by atoms with Crippen LogP contribution in [0.4, 0.5) is 4.39 Å². The summed E-state index contributed by atoms with van der Waals surface area (Å²) in [6, 6.07) is 14.4. The topological polar surface area (TPSA) is 65.5 Å². The number of carbonyl (C=O) groups excluding carboxylic acids is 1. The van der Waals surface area contributed by atoms with Gasteiger partial charge in [-0.1, -0.05) is 24.3 Å². The number of guanidine groups is 1. The highest BCUT2D eigenvalue weighted by atomic mass is 19.1. The van der Waals surface area contributed by atoms with Gasteiger partial charge in [-0.3, -0.25) is 9.79 Å². The summed E-state index contributed by atoms with van der Waals surface area (Å²) in [6.07, 6.45) is 2.09. The first kappa shape index (κ1) is 19.9. The number of amides is 1. The number of rotatable bonds is 7. The van der Waals surface area contributed by atoms with Gasteiger partial charge in [0.05, 0.1) is 0 Å². The fourth-order valence-corrected chi connectivity index (χ4v) is 3.23. The van der Waals surface area contributed by atoms with Gasteiger partial charge in [-0.15, -0.1) is 0 Å². The van der Waals surface area contributed by atoms with Crippen LogP contribution in [0, 0.1) is 5.82 Å². The van der Waals surface area contributed by atoms with Crippen molar-refractivity contribution in [1.29, 1.82) is 0 Å². The van der Waals surface area contributed by atoms with E-state index in [0.29, 0.717) is 31.2 Å². The van der Waals surface area contributed by atoms with Crippen molar-refractivity contribution in [2.45, 2.75) is 31.7 Å². The highest BCUT2D eigenvalue weighted by molar-refractivity contribution is 5.94. The van der Waals surface area contributed by atoms with Gasteiger partial charge in [0.1, 0.15) is 5.82 Å². The molecule has 1 aliphatic rings. The van der Waals surface area contributed by atoms with Gasteiger partial charge < -0.3 is 16.0 Å². The molecular weight excluding hydrogens is 355 g/mol. The normalized spacial score (nSPS) is 15.0. The molecule has 148 valence electrons. The summed E-state index contributed by atoms with van der Waals surface area (Å²) in [5, 5.41) is 9.43. The van der Waals surface area contributed by atoms with E-state index in [9.17, 15) is 9.18 Å². The molecule has 3 rings (SSSR count). The Morgan fingerprint density at radius 1 is 1.11 bits per heavy atom. The van der Waals surface area contributed by atoms with Gasteiger partial charge in [0, 0.05) is 37.7 Å². The Morgan fingerprint density at radius 2 is 1.86 bits per heavy atom. The van der Waals surface area contributed by atoms with Gasteiger partial charge in [0.25, 0.3) is 5.91 Å². The van der Waals surface area contributed by atoms with Gasteiger partial charge in [0.15, 0.2) is 5.96 Å². The van der Waals surface area contributed by atoms with E-state index in [0.717, 1.165) is 24.0 Å². The quantitative estimate of drug-likeness (QED) is 0.510. The SMILES string of the molecule is CCNC(=O)c1ccc(CNC(=NC)NCC2(c3cccc(F)c3)CC2)cc1. The number of aliphatic imine (C=N–C) groups is 1. The number of benzene rings is 2. The van der Waals surface area contributed by atoms with Crippen molar-refractivity contribution >= 4 is 11.9 Å². The molecule has 0 radical (unpaired) electrons. The van der Waals surface area contributed by atoms with Crippen molar-refractivity contribution in [3.63, 3.8) is 0 Å². The third-order valence-electron chi connectivity index (χ3n) is 5.12. The lowest BCUT2D eigenvalue weighted by Crippen LogP contribution is -2.40. The summed E-state index contributed by atoms with van der Waals surface area (Å²) in [6.45, 7) is 3.82. The molecule has 3 N–H and O–H groups in total. The van der Waals surface area contributed by atoms with E-state index in [2.05, 4.69) is 20.9 Å². The third kappa shape index (κ3) is 4.88. The Morgan fingerprint density at radius 3 is 2.46 bits per heavy atom. The van der Waals surface area contributed by atoms with Crippen LogP contribution in [-0.2, 0) is 12.0 Å². The van der Waals surface area contributed by atoms with E-state index in [1.54, 1.807) is 19.2 Å². The number of hydrogen-bond acceptors (Lipinski definition) is 2. The lowest BCUT2D eigenvalue weighted by atomic mass is 9.96. The van der Waals surface area contributed by atoms with E-state index in [-0.39, 0.29) is 17.1 Å². The average molecular weight is 382 g/mol. The van der Waals surface area contributed by atoms with Gasteiger partial charge in [0.2, 0.25) is 0 Å². The van der Waals surface area contributed by atoms with Crippen molar-refractivity contribution in [3.05, 3.63) is 71.0 Å². The Hall–Kier alpha value is -2.89. The van der Waals surface area contributed by atoms with Crippen LogP contribution in [0.25, 0.3) is 0 Å². The number of carbonyl (C=O) groups is 1. The maximum Gasteiger partial charge on any atom is 0.251 e. The summed E-state index contributed by atoms with van der Waals surface area (Å²) >= 11 is 0. The molecule has 0 spiro atoms. The summed E-state index contributed by atoms with van der Waals surface area (Å²) < 4.78 is 13.5. The predicted molar refractivity (Wildman–Crippen MR) is 110 cm³/mol. The summed E-state index contributed by atoms with van der Waals surface area (Å²) in [5.74, 6) is 0.449. The maximum atomic E-state index is 13.5. The van der Waals surface area contributed by atoms with Crippen LogP contribution in [0.15, 0.2) is 53.5 Å². The van der Waals surface area contributed by atoms with Gasteiger partial charge in [-0.25, -0.2) is 4.39 Å². The summed E-state index contributed by atoms with van der Waals surface area (Å²) in [5.41, 5.74) is 2.74. The highest BCUT2D eigenvalue weighted by Crippen LogP contribution is 2.47. The zero-order valence-electron chi connectivity index (χ0n) is 16.4. The molecular formula is C22H27FN4O. The Bertz CT molecular complexity index is 844. The van der Waals surface area contributed by atoms with Gasteiger partial charge in [-0.05, 0) is 55.2 Å². The zero-order valence-corrected chi connectivity index (χ0v) is 16.4. The number of nitrogens with zero attached hydrogens (tertiary/aromatic N) is 1. The molecule has 6 heteroatoms. The fraction of sp³-hybridized carbons (Fsp3) is 0.364. The molecule has 1 saturated carbocycles. The third-order valence-corrected chi connectivity index (χ3v) is 5.12. The minimum atomic E-state index is -0.192. The fourth-order valence-electron chi connectivity index (χ4n) is 3.23. The number of hydrogen-bond donors (Lipinski definition) is 3. The molecule has 2 aromatic rings. The smallest absolute Gasteiger partial charge is 0.251 e. The second-order valence-corrected chi connectivity index (χ2v) is 7.13. The Kier molecular flexibility index (Phi) is 6.29. The predicted octanol–water partition coefficient (Wildman–Crippen LogP) is 2.97. The standard InChI is InChI=1S/C22H27FN4O/c1-3-25-20(28)17-9-7-16(8-10-17)14-26-21(24-2)27-15-22(11-12-22)18-5-4-6-19(23)13-18/h4-10,13H,3,11-12,14-15H2,1-2H3,(H,25,28)(H2,24,26,27). The molecule has 0 bridgehead atoms. The molecule has 0 saturated heterocycles. The molecule has 5 nitrogen and oxygen atoms in total. The van der Waals surface area contributed by atoms with Crippen LogP contribution in [0.1, 0.15) is 41.3 Å². The molecule has 0 unspecified atom stereocenters. The molecule has 1 fully saturated rings. The lowest BCUT2D eigenvalue weighted by molar-refractivity contribution is 0.0956. The van der Waals surface area contributed by atoms with Crippen LogP contribution in [0.2, 0.25) is 0 Å². The second-order valence-electron chi connectivity index (χ2n) is 7.13. The Balaban J connectivity index is 1.52. The molecule has 0 heterocycles. The van der Waals surface area contributed by atoms with E-state index in [1.807, 2.05) is 37.3 Å². The van der Waals surface area contributed by atoms with Gasteiger partial charge in [-0.2, -0.15) is 0 Å². The van der Waals surface area contributed by atoms with Crippen LogP contribution in [-0.4, -0.2) is 32.0 Å². The number of halogens is 1. The monoisotopic (exact) mass is 382 g/mol. The zero-order chi connectivity index (χ0) is 20.0. The van der Waals surface area contributed by atoms with Crippen molar-refractivity contribution < 1.29 is 9.18 Å². The minimum absolute atomic E-state index is 0.00594. The molecule has 0 aromatic heterocycles. The van der Waals surface area contributed by atoms with Crippen LogP contribution in [0.3, 0.4) is 0 Å². The van der Waals surface area contributed by atoms with E-state index >= 15 is 0 Å². The molecule has 0 aliphatic heterocycles. The van der Waals surface area contributed by atoms with E-state index < -0.39 is 0 Å². The minimum Gasteiger partial charge on any atom is -0.356 e. The first-order valence-corrected chi connectivity index (χ1v) is 9.64. The molecule has 1 amide bonds. The van der Waals surface area contributed by atoms with Crippen molar-refractivity contribution in [2.24, 2.45) is 4.99 Å². The second kappa shape index (κ2) is 8.87. The average Bonchev–Trinajstić information content (AvgIpc) is 3.50. The van der Waals surface area contributed by atoms with Gasteiger partial charge >= 0.3 is 0 Å². The summed E-state index contributed by atoms with van der Waals surface area (Å²) in [4.78, 5) is 16.1. The highest BCUT2D eigenvalue weighted by Gasteiger charge is 2.44. The molecule has 28 heavy (non-hydrogen) atoms. The van der Waals surface area contributed by atoms with Crippen LogP contribution >= 0.6 is 0 Å². The largest absolute Gasteiger partial charge is 0.356 e. The first-order valence-electron chi connectivity index (χ1n) is 9.64. The molecule has 1 aliphatic carbocycles. The summed E-state index contributed by atoms with van der Waals surface area (Å²) in [7, 11) is 1.73. The van der Waals surface area contributed by atoms with Crippen LogP contribution in [0.5, 0.6) is 0 Å². The van der Waals surface area contributed by atoms with E-state index in [1.165, 1.54) is 6.07 Å². The molecule has 2 aromatic carbocycles. The van der Waals surface area contributed by atoms with E-state index in [4.69, 9.17) is 0 Å². The van der Waals surface area contributed by atoms with Crippen molar-refractivity contribution in [3.8, 4) is 0 Å².